The number of rotatable bonds is 11. The molecule has 0 amide bonds. The van der Waals surface area contributed by atoms with Gasteiger partial charge in [0.25, 0.3) is 0 Å². The second kappa shape index (κ2) is 11.2. The lowest BCUT2D eigenvalue weighted by Gasteiger charge is -2.08. The summed E-state index contributed by atoms with van der Waals surface area (Å²) in [6, 6.07) is 1.75. The number of thioether (sulfide) groups is 1. The van der Waals surface area contributed by atoms with E-state index in [0.717, 1.165) is 18.8 Å². The maximum atomic E-state index is 5.98. The Hall–Kier alpha value is -0.520. The minimum absolute atomic E-state index is 0.403. The van der Waals surface area contributed by atoms with Crippen LogP contribution in [0.1, 0.15) is 38.4 Å². The Kier molecular flexibility index (Phi) is 9.79. The van der Waals surface area contributed by atoms with Gasteiger partial charge in [0, 0.05) is 19.2 Å². The molecule has 0 fully saturated rings. The van der Waals surface area contributed by atoms with Crippen LogP contribution in [0.4, 0.5) is 5.82 Å². The molecule has 4 nitrogen and oxygen atoms in total. The van der Waals surface area contributed by atoms with Gasteiger partial charge < -0.3 is 10.1 Å². The van der Waals surface area contributed by atoms with Crippen molar-refractivity contribution in [3.05, 3.63) is 17.0 Å². The Morgan fingerprint density at radius 1 is 1.25 bits per heavy atom. The summed E-state index contributed by atoms with van der Waals surface area (Å²) < 4.78 is 5.30. The molecule has 0 bridgehead atoms. The highest BCUT2D eigenvalue weighted by atomic mass is 35.5. The zero-order chi connectivity index (χ0) is 14.6. The van der Waals surface area contributed by atoms with E-state index in [9.17, 15) is 0 Å². The van der Waals surface area contributed by atoms with Crippen LogP contribution in [0, 0.1) is 0 Å². The molecular formula is C14H24ClN3OS. The number of nitrogens with one attached hydrogen (secondary N) is 1. The summed E-state index contributed by atoms with van der Waals surface area (Å²) in [5.74, 6) is 2.67. The van der Waals surface area contributed by atoms with Gasteiger partial charge >= 0.3 is 0 Å². The van der Waals surface area contributed by atoms with E-state index in [1.165, 1.54) is 25.0 Å². The zero-order valence-corrected chi connectivity index (χ0v) is 13.9. The summed E-state index contributed by atoms with van der Waals surface area (Å²) in [4.78, 5) is 8.52. The lowest BCUT2D eigenvalue weighted by molar-refractivity contribution is 0.128. The van der Waals surface area contributed by atoms with Crippen LogP contribution >= 0.6 is 23.4 Å². The maximum Gasteiger partial charge on any atom is 0.158 e. The summed E-state index contributed by atoms with van der Waals surface area (Å²) in [6.07, 6.45) is 7.15. The molecule has 0 aliphatic heterocycles. The van der Waals surface area contributed by atoms with Crippen LogP contribution in [-0.4, -0.2) is 35.1 Å². The lowest BCUT2D eigenvalue weighted by atomic mass is 10.2. The highest BCUT2D eigenvalue weighted by molar-refractivity contribution is 7.98. The minimum Gasteiger partial charge on any atom is -0.374 e. The number of anilines is 1. The average molecular weight is 318 g/mol. The van der Waals surface area contributed by atoms with Crippen LogP contribution in [0.25, 0.3) is 0 Å². The van der Waals surface area contributed by atoms with Gasteiger partial charge in [-0.3, -0.25) is 0 Å². The normalized spacial score (nSPS) is 10.8. The highest BCUT2D eigenvalue weighted by Crippen LogP contribution is 2.12. The van der Waals surface area contributed by atoms with Gasteiger partial charge in [0.1, 0.15) is 17.6 Å². The molecule has 0 radical (unpaired) electrons. The maximum absolute atomic E-state index is 5.98. The summed E-state index contributed by atoms with van der Waals surface area (Å²) in [6.45, 7) is 3.91. The van der Waals surface area contributed by atoms with Crippen molar-refractivity contribution >= 4 is 29.2 Å². The summed E-state index contributed by atoms with van der Waals surface area (Å²) in [5, 5.41) is 3.75. The van der Waals surface area contributed by atoms with Crippen LogP contribution in [0.5, 0.6) is 0 Å². The molecule has 0 atom stereocenters. The van der Waals surface area contributed by atoms with Crippen LogP contribution in [-0.2, 0) is 11.3 Å². The SMILES string of the molecule is CCOCc1nc(Cl)cc(NCCCCCCSC)n1. The minimum atomic E-state index is 0.403. The van der Waals surface area contributed by atoms with E-state index < -0.39 is 0 Å². The van der Waals surface area contributed by atoms with Crippen molar-refractivity contribution in [1.82, 2.24) is 9.97 Å². The molecule has 1 rings (SSSR count). The number of ether oxygens (including phenoxy) is 1. The van der Waals surface area contributed by atoms with E-state index >= 15 is 0 Å². The largest absolute Gasteiger partial charge is 0.374 e. The molecule has 0 aliphatic carbocycles. The molecule has 20 heavy (non-hydrogen) atoms. The topological polar surface area (TPSA) is 47.0 Å². The van der Waals surface area contributed by atoms with Crippen molar-refractivity contribution in [2.45, 2.75) is 39.2 Å². The first-order valence-corrected chi connectivity index (χ1v) is 8.87. The Bertz CT molecular complexity index is 379. The predicted octanol–water partition coefficient (Wildman–Crippen LogP) is 4.00. The molecule has 1 N–H and O–H groups in total. The average Bonchev–Trinajstić information content (AvgIpc) is 2.43. The van der Waals surface area contributed by atoms with E-state index in [-0.39, 0.29) is 0 Å². The summed E-state index contributed by atoms with van der Waals surface area (Å²) in [7, 11) is 0. The van der Waals surface area contributed by atoms with Crippen molar-refractivity contribution in [2.24, 2.45) is 0 Å². The van der Waals surface area contributed by atoms with Crippen LogP contribution in [0.3, 0.4) is 0 Å². The first kappa shape index (κ1) is 17.5. The number of hydrogen-bond donors (Lipinski definition) is 1. The standard InChI is InChI=1S/C14H24ClN3OS/c1-3-19-11-14-17-12(15)10-13(18-14)16-8-6-4-5-7-9-20-2/h10H,3-9,11H2,1-2H3,(H,16,17,18). The van der Waals surface area contributed by atoms with Crippen molar-refractivity contribution in [2.75, 3.05) is 30.5 Å². The molecule has 0 spiro atoms. The van der Waals surface area contributed by atoms with E-state index in [4.69, 9.17) is 16.3 Å². The van der Waals surface area contributed by atoms with Crippen LogP contribution in [0.2, 0.25) is 5.15 Å². The molecule has 0 aromatic carbocycles. The molecule has 0 aliphatic rings. The quantitative estimate of drug-likeness (QED) is 0.493. The molecule has 1 heterocycles. The van der Waals surface area contributed by atoms with Gasteiger partial charge in [0.05, 0.1) is 0 Å². The predicted molar refractivity (Wildman–Crippen MR) is 87.7 cm³/mol. The number of nitrogens with zero attached hydrogens (tertiary/aromatic N) is 2. The van der Waals surface area contributed by atoms with Crippen molar-refractivity contribution in [3.63, 3.8) is 0 Å². The fraction of sp³-hybridized carbons (Fsp3) is 0.714. The fourth-order valence-corrected chi connectivity index (χ4v) is 2.45. The van der Waals surface area contributed by atoms with Gasteiger partial charge in [-0.15, -0.1) is 0 Å². The Labute approximate surface area is 131 Å². The third kappa shape index (κ3) is 7.92. The summed E-state index contributed by atoms with van der Waals surface area (Å²) in [5.41, 5.74) is 0. The van der Waals surface area contributed by atoms with Gasteiger partial charge in [0.15, 0.2) is 5.82 Å². The van der Waals surface area contributed by atoms with Crippen LogP contribution < -0.4 is 5.32 Å². The van der Waals surface area contributed by atoms with Gasteiger partial charge in [0.2, 0.25) is 0 Å². The molecule has 0 unspecified atom stereocenters. The Morgan fingerprint density at radius 3 is 2.80 bits per heavy atom. The molecule has 0 saturated heterocycles. The summed E-state index contributed by atoms with van der Waals surface area (Å²) >= 11 is 7.89. The lowest BCUT2D eigenvalue weighted by Crippen LogP contribution is -2.07. The first-order chi connectivity index (χ1) is 9.76. The molecule has 1 aromatic rings. The molecule has 114 valence electrons. The number of aromatic nitrogens is 2. The van der Waals surface area contributed by atoms with Crippen molar-refractivity contribution in [3.8, 4) is 0 Å². The molecule has 1 aromatic heterocycles. The molecule has 0 saturated carbocycles. The third-order valence-corrected chi connectivity index (χ3v) is 3.65. The highest BCUT2D eigenvalue weighted by Gasteiger charge is 2.03. The van der Waals surface area contributed by atoms with Crippen molar-refractivity contribution < 1.29 is 4.74 Å². The van der Waals surface area contributed by atoms with Crippen molar-refractivity contribution in [1.29, 1.82) is 0 Å². The van der Waals surface area contributed by atoms with E-state index in [2.05, 4.69) is 21.5 Å². The monoisotopic (exact) mass is 317 g/mol. The third-order valence-electron chi connectivity index (χ3n) is 2.76. The van der Waals surface area contributed by atoms with Crippen LogP contribution in [0.15, 0.2) is 6.07 Å². The van der Waals surface area contributed by atoms with E-state index in [1.807, 2.05) is 18.7 Å². The van der Waals surface area contributed by atoms with Gasteiger partial charge in [-0.05, 0) is 31.8 Å². The Morgan fingerprint density at radius 2 is 2.05 bits per heavy atom. The molecular weight excluding hydrogens is 294 g/mol. The van der Waals surface area contributed by atoms with E-state index in [0.29, 0.717) is 24.2 Å². The van der Waals surface area contributed by atoms with Gasteiger partial charge in [-0.2, -0.15) is 11.8 Å². The fourth-order valence-electron chi connectivity index (χ4n) is 1.75. The zero-order valence-electron chi connectivity index (χ0n) is 12.3. The first-order valence-electron chi connectivity index (χ1n) is 7.10. The Balaban J connectivity index is 2.26. The van der Waals surface area contributed by atoms with Gasteiger partial charge in [-0.25, -0.2) is 9.97 Å². The smallest absolute Gasteiger partial charge is 0.158 e. The number of halogens is 1. The second-order valence-corrected chi connectivity index (χ2v) is 5.84. The number of unbranched alkanes of at least 4 members (excludes halogenated alkanes) is 3. The van der Waals surface area contributed by atoms with E-state index in [1.54, 1.807) is 6.07 Å². The molecule has 6 heteroatoms. The van der Waals surface area contributed by atoms with Gasteiger partial charge in [-0.1, -0.05) is 24.4 Å². The second-order valence-electron chi connectivity index (χ2n) is 4.46. The number of hydrogen-bond acceptors (Lipinski definition) is 5.